The maximum absolute atomic E-state index is 11.5. The lowest BCUT2D eigenvalue weighted by Crippen LogP contribution is -2.22. The Morgan fingerprint density at radius 2 is 1.96 bits per heavy atom. The van der Waals surface area contributed by atoms with Crippen molar-refractivity contribution < 1.29 is 12.9 Å². The van der Waals surface area contributed by atoms with Crippen molar-refractivity contribution in [2.24, 2.45) is 0 Å². The second kappa shape index (κ2) is 6.05. The predicted octanol–water partition coefficient (Wildman–Crippen LogP) is 2.54. The van der Waals surface area contributed by atoms with Gasteiger partial charge in [-0.05, 0) is 44.5 Å². The Morgan fingerprint density at radius 1 is 1.30 bits per heavy atom. The van der Waals surface area contributed by atoms with E-state index in [4.69, 9.17) is 4.52 Å². The molecule has 1 fully saturated rings. The van der Waals surface area contributed by atoms with E-state index < -0.39 is 9.84 Å². The van der Waals surface area contributed by atoms with Gasteiger partial charge in [0.15, 0.2) is 15.7 Å². The van der Waals surface area contributed by atoms with Crippen LogP contribution < -0.4 is 0 Å². The van der Waals surface area contributed by atoms with Gasteiger partial charge in [-0.2, -0.15) is 4.98 Å². The van der Waals surface area contributed by atoms with Crippen LogP contribution in [0.2, 0.25) is 0 Å². The Morgan fingerprint density at radius 3 is 2.52 bits per heavy atom. The fourth-order valence-electron chi connectivity index (χ4n) is 2.44. The molecule has 6 nitrogen and oxygen atoms in total. The van der Waals surface area contributed by atoms with Crippen molar-refractivity contribution in [3.63, 3.8) is 0 Å². The summed E-state index contributed by atoms with van der Waals surface area (Å²) >= 11 is 0. The minimum Gasteiger partial charge on any atom is -0.338 e. The van der Waals surface area contributed by atoms with Crippen molar-refractivity contribution in [2.75, 3.05) is 13.3 Å². The van der Waals surface area contributed by atoms with Crippen LogP contribution in [0.4, 0.5) is 0 Å². The van der Waals surface area contributed by atoms with E-state index in [0.29, 0.717) is 23.2 Å². The molecule has 2 aromatic rings. The van der Waals surface area contributed by atoms with E-state index in [-0.39, 0.29) is 6.04 Å². The van der Waals surface area contributed by atoms with E-state index in [1.807, 2.05) is 19.2 Å². The van der Waals surface area contributed by atoms with Crippen LogP contribution in [0.5, 0.6) is 0 Å². The molecular formula is C16H21N3O3S. The molecule has 0 amide bonds. The SMILES string of the molecule is C[C@@H](c1ccc(S(C)(=O)=O)cc1)N(C)Cc1nc(C2CC2)no1. The van der Waals surface area contributed by atoms with E-state index in [1.54, 1.807) is 12.1 Å². The molecule has 1 atom stereocenters. The summed E-state index contributed by atoms with van der Waals surface area (Å²) in [6, 6.07) is 7.10. The maximum Gasteiger partial charge on any atom is 0.240 e. The second-order valence-corrected chi connectivity index (χ2v) is 8.27. The fraction of sp³-hybridized carbons (Fsp3) is 0.500. The summed E-state index contributed by atoms with van der Waals surface area (Å²) in [4.78, 5) is 6.87. The van der Waals surface area contributed by atoms with Gasteiger partial charge in [0.25, 0.3) is 0 Å². The Kier molecular flexibility index (Phi) is 4.25. The van der Waals surface area contributed by atoms with Crippen LogP contribution in [0.1, 0.15) is 49.0 Å². The standard InChI is InChI=1S/C16H21N3O3S/c1-11(12-6-8-14(9-7-12)23(3,20)21)19(2)10-15-17-16(18-22-15)13-4-5-13/h6-9,11,13H,4-5,10H2,1-3H3/t11-/m0/s1. The normalized spacial score (nSPS) is 16.7. The average molecular weight is 335 g/mol. The Hall–Kier alpha value is -1.73. The highest BCUT2D eigenvalue weighted by Crippen LogP contribution is 2.38. The first-order valence-electron chi connectivity index (χ1n) is 7.67. The highest BCUT2D eigenvalue weighted by molar-refractivity contribution is 7.90. The Bertz CT molecular complexity index is 779. The van der Waals surface area contributed by atoms with Gasteiger partial charge in [-0.3, -0.25) is 4.90 Å². The molecule has 124 valence electrons. The Labute approximate surface area is 136 Å². The number of nitrogens with zero attached hydrogens (tertiary/aromatic N) is 3. The van der Waals surface area contributed by atoms with Crippen LogP contribution in [-0.4, -0.2) is 36.8 Å². The van der Waals surface area contributed by atoms with Gasteiger partial charge in [0.05, 0.1) is 11.4 Å². The Balaban J connectivity index is 1.67. The lowest BCUT2D eigenvalue weighted by atomic mass is 10.1. The van der Waals surface area contributed by atoms with Gasteiger partial charge < -0.3 is 4.52 Å². The van der Waals surface area contributed by atoms with Crippen molar-refractivity contribution >= 4 is 9.84 Å². The van der Waals surface area contributed by atoms with E-state index in [0.717, 1.165) is 24.2 Å². The fourth-order valence-corrected chi connectivity index (χ4v) is 3.07. The molecule has 1 aliphatic carbocycles. The van der Waals surface area contributed by atoms with Crippen LogP contribution in [0.25, 0.3) is 0 Å². The predicted molar refractivity (Wildman–Crippen MR) is 85.7 cm³/mol. The topological polar surface area (TPSA) is 76.3 Å². The molecular weight excluding hydrogens is 314 g/mol. The van der Waals surface area contributed by atoms with Crippen molar-refractivity contribution in [2.45, 2.75) is 43.2 Å². The van der Waals surface area contributed by atoms with Crippen molar-refractivity contribution in [3.05, 3.63) is 41.5 Å². The molecule has 0 saturated heterocycles. The monoisotopic (exact) mass is 335 g/mol. The summed E-state index contributed by atoms with van der Waals surface area (Å²) < 4.78 is 28.3. The van der Waals surface area contributed by atoms with Gasteiger partial charge in [0, 0.05) is 18.2 Å². The molecule has 3 rings (SSSR count). The molecule has 0 bridgehead atoms. The van der Waals surface area contributed by atoms with Gasteiger partial charge >= 0.3 is 0 Å². The molecule has 0 N–H and O–H groups in total. The molecule has 0 spiro atoms. The zero-order valence-corrected chi connectivity index (χ0v) is 14.4. The molecule has 1 aliphatic rings. The van der Waals surface area contributed by atoms with E-state index in [9.17, 15) is 8.42 Å². The van der Waals surface area contributed by atoms with Crippen LogP contribution in [0, 0.1) is 0 Å². The quantitative estimate of drug-likeness (QED) is 0.807. The lowest BCUT2D eigenvalue weighted by molar-refractivity contribution is 0.216. The lowest BCUT2D eigenvalue weighted by Gasteiger charge is -2.23. The third-order valence-electron chi connectivity index (χ3n) is 4.26. The molecule has 1 heterocycles. The number of hydrogen-bond donors (Lipinski definition) is 0. The van der Waals surface area contributed by atoms with Crippen LogP contribution >= 0.6 is 0 Å². The third-order valence-corrected chi connectivity index (χ3v) is 5.39. The van der Waals surface area contributed by atoms with Gasteiger partial charge in [0.2, 0.25) is 5.89 Å². The summed E-state index contributed by atoms with van der Waals surface area (Å²) in [5.74, 6) is 1.92. The summed E-state index contributed by atoms with van der Waals surface area (Å²) in [6.07, 6.45) is 3.51. The summed E-state index contributed by atoms with van der Waals surface area (Å²) in [7, 11) is -1.18. The average Bonchev–Trinajstić information content (AvgIpc) is 3.26. The molecule has 23 heavy (non-hydrogen) atoms. The van der Waals surface area contributed by atoms with Crippen LogP contribution in [0.15, 0.2) is 33.7 Å². The van der Waals surface area contributed by atoms with E-state index >= 15 is 0 Å². The number of hydrogen-bond acceptors (Lipinski definition) is 6. The first-order chi connectivity index (χ1) is 10.8. The maximum atomic E-state index is 11.5. The molecule has 7 heteroatoms. The highest BCUT2D eigenvalue weighted by atomic mass is 32.2. The third kappa shape index (κ3) is 3.79. The van der Waals surface area contributed by atoms with Crippen LogP contribution in [-0.2, 0) is 16.4 Å². The molecule has 0 aliphatic heterocycles. The smallest absolute Gasteiger partial charge is 0.240 e. The zero-order chi connectivity index (χ0) is 16.6. The van der Waals surface area contributed by atoms with Crippen LogP contribution in [0.3, 0.4) is 0 Å². The minimum atomic E-state index is -3.16. The van der Waals surface area contributed by atoms with Gasteiger partial charge in [-0.25, -0.2) is 8.42 Å². The number of aromatic nitrogens is 2. The van der Waals surface area contributed by atoms with Crippen molar-refractivity contribution in [1.82, 2.24) is 15.0 Å². The summed E-state index contributed by atoms with van der Waals surface area (Å²) in [5.41, 5.74) is 1.04. The summed E-state index contributed by atoms with van der Waals surface area (Å²) in [5, 5.41) is 4.02. The molecule has 1 saturated carbocycles. The largest absolute Gasteiger partial charge is 0.338 e. The highest BCUT2D eigenvalue weighted by Gasteiger charge is 2.29. The summed E-state index contributed by atoms with van der Waals surface area (Å²) in [6.45, 7) is 2.63. The number of benzene rings is 1. The molecule has 0 unspecified atom stereocenters. The van der Waals surface area contributed by atoms with E-state index in [1.165, 1.54) is 6.26 Å². The molecule has 1 aromatic heterocycles. The molecule has 1 aromatic carbocycles. The van der Waals surface area contributed by atoms with Crippen molar-refractivity contribution in [1.29, 1.82) is 0 Å². The first kappa shape index (κ1) is 16.1. The van der Waals surface area contributed by atoms with Gasteiger partial charge in [0.1, 0.15) is 0 Å². The number of sulfone groups is 1. The van der Waals surface area contributed by atoms with Gasteiger partial charge in [-0.1, -0.05) is 17.3 Å². The van der Waals surface area contributed by atoms with Crippen molar-refractivity contribution in [3.8, 4) is 0 Å². The second-order valence-electron chi connectivity index (χ2n) is 6.25. The van der Waals surface area contributed by atoms with E-state index in [2.05, 4.69) is 22.0 Å². The zero-order valence-electron chi connectivity index (χ0n) is 13.6. The molecule has 0 radical (unpaired) electrons. The minimum absolute atomic E-state index is 0.111. The van der Waals surface area contributed by atoms with Gasteiger partial charge in [-0.15, -0.1) is 0 Å². The number of rotatable bonds is 6. The first-order valence-corrected chi connectivity index (χ1v) is 9.56.